The fourth-order valence-corrected chi connectivity index (χ4v) is 3.47. The number of nitrogens with two attached hydrogens (primary N) is 1. The van der Waals surface area contributed by atoms with E-state index in [0.717, 1.165) is 21.3 Å². The lowest BCUT2D eigenvalue weighted by molar-refractivity contribution is 0.0994. The summed E-state index contributed by atoms with van der Waals surface area (Å²) >= 11 is 15.8. The van der Waals surface area contributed by atoms with Gasteiger partial charge in [-0.25, -0.2) is 4.68 Å². The second kappa shape index (κ2) is 7.20. The van der Waals surface area contributed by atoms with E-state index in [1.54, 1.807) is 22.9 Å². The van der Waals surface area contributed by atoms with E-state index < -0.39 is 5.91 Å². The molecule has 1 aromatic heterocycles. The Bertz CT molecular complexity index is 952. The molecular formula is C18H14BrCl2N3O. The van der Waals surface area contributed by atoms with Gasteiger partial charge in [-0.2, -0.15) is 5.10 Å². The molecule has 25 heavy (non-hydrogen) atoms. The smallest absolute Gasteiger partial charge is 0.269 e. The number of nitrogens with zero attached hydrogens (tertiary/aromatic N) is 2. The van der Waals surface area contributed by atoms with Crippen molar-refractivity contribution in [2.24, 2.45) is 5.73 Å². The standard InChI is InChI=1S/C18H14BrCl2N3O/c1-2-13-16(18(22)25)23-24(15-8-7-12(20)9-14(15)21)17(13)10-3-5-11(19)6-4-10/h3-9H,2H2,1H3,(H2,22,25). The molecule has 1 amide bonds. The van der Waals surface area contributed by atoms with Crippen LogP contribution in [0.1, 0.15) is 23.0 Å². The summed E-state index contributed by atoms with van der Waals surface area (Å²) < 4.78 is 2.61. The van der Waals surface area contributed by atoms with Gasteiger partial charge in [-0.05, 0) is 36.8 Å². The second-order valence-corrected chi connectivity index (χ2v) is 7.17. The number of benzene rings is 2. The van der Waals surface area contributed by atoms with Gasteiger partial charge < -0.3 is 5.73 Å². The maximum absolute atomic E-state index is 11.9. The molecule has 0 radical (unpaired) electrons. The van der Waals surface area contributed by atoms with Crippen LogP contribution in [0.5, 0.6) is 0 Å². The molecule has 0 aliphatic heterocycles. The number of hydrogen-bond acceptors (Lipinski definition) is 2. The number of rotatable bonds is 4. The maximum Gasteiger partial charge on any atom is 0.269 e. The van der Waals surface area contributed by atoms with E-state index in [4.69, 9.17) is 28.9 Å². The third-order valence-corrected chi connectivity index (χ3v) is 4.89. The van der Waals surface area contributed by atoms with Gasteiger partial charge in [0, 0.05) is 20.6 Å². The van der Waals surface area contributed by atoms with Crippen molar-refractivity contribution in [1.82, 2.24) is 9.78 Å². The van der Waals surface area contributed by atoms with E-state index in [1.807, 2.05) is 31.2 Å². The summed E-state index contributed by atoms with van der Waals surface area (Å²) in [6.07, 6.45) is 0.606. The number of carbonyl (C=O) groups is 1. The Morgan fingerprint density at radius 3 is 2.44 bits per heavy atom. The number of halogens is 3. The summed E-state index contributed by atoms with van der Waals surface area (Å²) in [7, 11) is 0. The topological polar surface area (TPSA) is 60.9 Å². The van der Waals surface area contributed by atoms with Gasteiger partial charge in [0.2, 0.25) is 0 Å². The first-order valence-corrected chi connectivity index (χ1v) is 9.10. The molecule has 0 spiro atoms. The van der Waals surface area contributed by atoms with E-state index in [1.165, 1.54) is 0 Å². The highest BCUT2D eigenvalue weighted by molar-refractivity contribution is 9.10. The Morgan fingerprint density at radius 1 is 1.20 bits per heavy atom. The van der Waals surface area contributed by atoms with Crippen molar-refractivity contribution in [3.63, 3.8) is 0 Å². The lowest BCUT2D eigenvalue weighted by Gasteiger charge is -2.11. The molecule has 0 unspecified atom stereocenters. The third-order valence-electron chi connectivity index (χ3n) is 3.83. The number of carbonyl (C=O) groups excluding carboxylic acids is 1. The van der Waals surface area contributed by atoms with Gasteiger partial charge in [-0.1, -0.05) is 58.2 Å². The van der Waals surface area contributed by atoms with Crippen LogP contribution in [0, 0.1) is 0 Å². The molecule has 0 bridgehead atoms. The molecule has 128 valence electrons. The average molecular weight is 439 g/mol. The molecule has 1 heterocycles. The maximum atomic E-state index is 11.9. The second-order valence-electron chi connectivity index (χ2n) is 5.41. The van der Waals surface area contributed by atoms with Crippen LogP contribution >= 0.6 is 39.1 Å². The highest BCUT2D eigenvalue weighted by atomic mass is 79.9. The van der Waals surface area contributed by atoms with Gasteiger partial charge in [-0.15, -0.1) is 0 Å². The largest absolute Gasteiger partial charge is 0.364 e. The van der Waals surface area contributed by atoms with Crippen LogP contribution in [0.2, 0.25) is 10.0 Å². The molecule has 7 heteroatoms. The van der Waals surface area contributed by atoms with Crippen molar-refractivity contribution in [2.75, 3.05) is 0 Å². The van der Waals surface area contributed by atoms with Crippen LogP contribution in [-0.4, -0.2) is 15.7 Å². The SMILES string of the molecule is CCc1c(C(N)=O)nn(-c2ccc(Cl)cc2Cl)c1-c1ccc(Br)cc1. The highest BCUT2D eigenvalue weighted by Crippen LogP contribution is 2.33. The van der Waals surface area contributed by atoms with E-state index in [2.05, 4.69) is 21.0 Å². The molecule has 0 aliphatic carbocycles. The average Bonchev–Trinajstić information content (AvgIpc) is 2.95. The van der Waals surface area contributed by atoms with E-state index in [-0.39, 0.29) is 5.69 Å². The Balaban J connectivity index is 2.34. The fraction of sp³-hybridized carbons (Fsp3) is 0.111. The first-order chi connectivity index (χ1) is 11.9. The van der Waals surface area contributed by atoms with Gasteiger partial charge in [0.15, 0.2) is 5.69 Å². The lowest BCUT2D eigenvalue weighted by Crippen LogP contribution is -2.14. The van der Waals surface area contributed by atoms with Gasteiger partial charge >= 0.3 is 0 Å². The van der Waals surface area contributed by atoms with Gasteiger partial charge in [0.05, 0.1) is 16.4 Å². The van der Waals surface area contributed by atoms with Crippen LogP contribution in [0.3, 0.4) is 0 Å². The van der Waals surface area contributed by atoms with Crippen LogP contribution in [0.4, 0.5) is 0 Å². The number of amides is 1. The Labute approximate surface area is 163 Å². The zero-order chi connectivity index (χ0) is 18.1. The summed E-state index contributed by atoms with van der Waals surface area (Å²) in [5, 5.41) is 5.40. The van der Waals surface area contributed by atoms with Crippen molar-refractivity contribution < 1.29 is 4.79 Å². The summed E-state index contributed by atoms with van der Waals surface area (Å²) in [5.41, 5.74) is 8.88. The van der Waals surface area contributed by atoms with Gasteiger partial charge in [0.25, 0.3) is 5.91 Å². The molecule has 0 saturated heterocycles. The van der Waals surface area contributed by atoms with Crippen molar-refractivity contribution in [2.45, 2.75) is 13.3 Å². The monoisotopic (exact) mass is 437 g/mol. The summed E-state index contributed by atoms with van der Waals surface area (Å²) in [6, 6.07) is 12.9. The molecule has 2 aromatic carbocycles. The van der Waals surface area contributed by atoms with Crippen molar-refractivity contribution >= 4 is 45.0 Å². The molecule has 3 rings (SSSR count). The third kappa shape index (κ3) is 3.45. The number of hydrogen-bond donors (Lipinski definition) is 1. The molecule has 2 N–H and O–H groups in total. The highest BCUT2D eigenvalue weighted by Gasteiger charge is 2.23. The summed E-state index contributed by atoms with van der Waals surface area (Å²) in [4.78, 5) is 11.9. The Morgan fingerprint density at radius 2 is 1.88 bits per heavy atom. The molecule has 0 atom stereocenters. The number of primary amides is 1. The zero-order valence-corrected chi connectivity index (χ0v) is 16.4. The Hall–Kier alpha value is -1.82. The van der Waals surface area contributed by atoms with Crippen molar-refractivity contribution in [3.8, 4) is 16.9 Å². The molecule has 3 aromatic rings. The Kier molecular flexibility index (Phi) is 5.18. The predicted octanol–water partition coefficient (Wildman–Crippen LogP) is 5.27. The summed E-state index contributed by atoms with van der Waals surface area (Å²) in [5.74, 6) is -0.570. The fourth-order valence-electron chi connectivity index (χ4n) is 2.71. The van der Waals surface area contributed by atoms with E-state index in [0.29, 0.717) is 22.2 Å². The molecule has 0 aliphatic rings. The van der Waals surface area contributed by atoms with Crippen LogP contribution in [0.15, 0.2) is 46.9 Å². The van der Waals surface area contributed by atoms with Crippen molar-refractivity contribution in [3.05, 3.63) is 68.2 Å². The van der Waals surface area contributed by atoms with Gasteiger partial charge in [-0.3, -0.25) is 4.79 Å². The van der Waals surface area contributed by atoms with E-state index in [9.17, 15) is 4.79 Å². The van der Waals surface area contributed by atoms with Crippen LogP contribution in [-0.2, 0) is 6.42 Å². The van der Waals surface area contributed by atoms with Crippen molar-refractivity contribution in [1.29, 1.82) is 0 Å². The minimum atomic E-state index is -0.570. The summed E-state index contributed by atoms with van der Waals surface area (Å²) in [6.45, 7) is 1.96. The van der Waals surface area contributed by atoms with E-state index >= 15 is 0 Å². The minimum absolute atomic E-state index is 0.242. The first kappa shape index (κ1) is 18.0. The predicted molar refractivity (Wildman–Crippen MR) is 105 cm³/mol. The molecule has 0 saturated carbocycles. The quantitative estimate of drug-likeness (QED) is 0.602. The normalized spacial score (nSPS) is 10.9. The minimum Gasteiger partial charge on any atom is -0.364 e. The lowest BCUT2D eigenvalue weighted by atomic mass is 10.0. The first-order valence-electron chi connectivity index (χ1n) is 7.55. The number of aromatic nitrogens is 2. The molecular weight excluding hydrogens is 425 g/mol. The van der Waals surface area contributed by atoms with Crippen LogP contribution < -0.4 is 5.73 Å². The van der Waals surface area contributed by atoms with Gasteiger partial charge in [0.1, 0.15) is 0 Å². The zero-order valence-electron chi connectivity index (χ0n) is 13.3. The van der Waals surface area contributed by atoms with Crippen LogP contribution in [0.25, 0.3) is 16.9 Å². The molecule has 0 fully saturated rings. The molecule has 4 nitrogen and oxygen atoms in total.